The Balaban J connectivity index is 1.18. The maximum Gasteiger partial charge on any atom is 0.417 e. The zero-order chi connectivity index (χ0) is 28.0. The molecule has 1 saturated carbocycles. The molecular weight excluding hydrogens is 528 g/mol. The molecule has 0 amide bonds. The number of aliphatic carboxylic acids is 1. The van der Waals surface area contributed by atoms with Gasteiger partial charge in [0, 0.05) is 43.0 Å². The van der Waals surface area contributed by atoms with Gasteiger partial charge in [-0.1, -0.05) is 12.1 Å². The van der Waals surface area contributed by atoms with Gasteiger partial charge in [0.15, 0.2) is 0 Å². The lowest BCUT2D eigenvalue weighted by molar-refractivity contribution is -0.139. The molecule has 0 bridgehead atoms. The molecule has 2 heterocycles. The molecule has 1 aliphatic heterocycles. The Morgan fingerprint density at radius 1 is 1.12 bits per heavy atom. The average Bonchev–Trinajstić information content (AvgIpc) is 3.54. The lowest BCUT2D eigenvalue weighted by Crippen LogP contribution is -2.23. The lowest BCUT2D eigenvalue weighted by atomic mass is 9.98. The molecule has 2 aliphatic carbocycles. The van der Waals surface area contributed by atoms with E-state index in [0.717, 1.165) is 36.1 Å². The van der Waals surface area contributed by atoms with Crippen LogP contribution in [-0.2, 0) is 28.7 Å². The van der Waals surface area contributed by atoms with Crippen molar-refractivity contribution in [3.63, 3.8) is 0 Å². The minimum Gasteiger partial charge on any atom is -0.489 e. The highest BCUT2D eigenvalue weighted by molar-refractivity contribution is 5.78. The number of rotatable bonds is 8. The highest BCUT2D eigenvalue weighted by Crippen LogP contribution is 2.61. The van der Waals surface area contributed by atoms with Gasteiger partial charge >= 0.3 is 12.1 Å². The first-order valence-electron chi connectivity index (χ1n) is 13.3. The second-order valence-corrected chi connectivity index (χ2v) is 10.8. The lowest BCUT2D eigenvalue weighted by Gasteiger charge is -2.23. The van der Waals surface area contributed by atoms with Gasteiger partial charge in [0.2, 0.25) is 0 Å². The Labute approximate surface area is 228 Å². The third-order valence-electron chi connectivity index (χ3n) is 8.26. The minimum atomic E-state index is -4.64. The first-order chi connectivity index (χ1) is 19.2. The van der Waals surface area contributed by atoms with E-state index in [1.165, 1.54) is 18.3 Å². The Kier molecular flexibility index (Phi) is 6.90. The summed E-state index contributed by atoms with van der Waals surface area (Å²) in [5, 5.41) is 12.3. The Morgan fingerprint density at radius 3 is 2.67 bits per heavy atom. The molecule has 40 heavy (non-hydrogen) atoms. The number of benzene rings is 2. The van der Waals surface area contributed by atoms with Gasteiger partial charge < -0.3 is 19.9 Å². The van der Waals surface area contributed by atoms with Gasteiger partial charge in [-0.3, -0.25) is 4.79 Å². The molecule has 3 atom stereocenters. The number of fused-ring (bicyclic) bond motifs is 3. The number of anilines is 1. The van der Waals surface area contributed by atoms with Crippen molar-refractivity contribution < 1.29 is 36.9 Å². The molecule has 0 radical (unpaired) electrons. The SMILES string of the molecule is O=C(O)[C@H]1[C@@H]2Cc3cc(OCc4cc(-c5cnc(NCC6CCOCC6)cc5C(F)(F)F)ccc4F)ccc3[C@@H]21. The van der Waals surface area contributed by atoms with Crippen molar-refractivity contribution in [2.45, 2.75) is 38.0 Å². The molecule has 2 aromatic carbocycles. The van der Waals surface area contributed by atoms with Crippen LogP contribution < -0.4 is 10.1 Å². The Bertz CT molecular complexity index is 1440. The summed E-state index contributed by atoms with van der Waals surface area (Å²) >= 11 is 0. The quantitative estimate of drug-likeness (QED) is 0.317. The van der Waals surface area contributed by atoms with Gasteiger partial charge in [-0.05, 0) is 78.1 Å². The van der Waals surface area contributed by atoms with Crippen molar-refractivity contribution in [2.24, 2.45) is 17.8 Å². The van der Waals surface area contributed by atoms with Crippen LogP contribution in [0, 0.1) is 23.6 Å². The van der Waals surface area contributed by atoms with E-state index in [0.29, 0.717) is 37.8 Å². The van der Waals surface area contributed by atoms with Crippen LogP contribution in [0.2, 0.25) is 0 Å². The highest BCUT2D eigenvalue weighted by Gasteiger charge is 2.59. The average molecular weight is 557 g/mol. The fraction of sp³-hybridized carbons (Fsp3) is 0.400. The van der Waals surface area contributed by atoms with Crippen LogP contribution in [0.25, 0.3) is 11.1 Å². The monoisotopic (exact) mass is 556 g/mol. The molecule has 210 valence electrons. The standard InChI is InChI=1S/C30H28F4N2O4/c31-25-4-1-17(23-14-36-26(12-24(23)30(32,33)34)35-13-16-5-7-39-8-6-16)9-19(25)15-40-20-2-3-21-18(10-20)11-22-27(21)28(22)29(37)38/h1-4,9-10,12,14,16,22,27-28H,5-8,11,13,15H2,(H,35,36)(H,37,38)/t22-,27+,28+/m1/s1. The number of halogens is 4. The number of carboxylic acids is 1. The molecule has 1 aromatic heterocycles. The number of nitrogens with one attached hydrogen (secondary N) is 1. The zero-order valence-corrected chi connectivity index (χ0v) is 21.5. The summed E-state index contributed by atoms with van der Waals surface area (Å²) in [7, 11) is 0. The van der Waals surface area contributed by atoms with E-state index in [1.54, 1.807) is 6.07 Å². The van der Waals surface area contributed by atoms with Gasteiger partial charge in [-0.25, -0.2) is 9.37 Å². The van der Waals surface area contributed by atoms with Crippen LogP contribution >= 0.6 is 0 Å². The summed E-state index contributed by atoms with van der Waals surface area (Å²) in [4.78, 5) is 15.5. The van der Waals surface area contributed by atoms with Crippen molar-refractivity contribution in [1.29, 1.82) is 0 Å². The third kappa shape index (κ3) is 5.24. The van der Waals surface area contributed by atoms with Crippen LogP contribution in [0.5, 0.6) is 5.75 Å². The molecule has 3 aliphatic rings. The largest absolute Gasteiger partial charge is 0.489 e. The molecular formula is C30H28F4N2O4. The van der Waals surface area contributed by atoms with Gasteiger partial charge in [0.1, 0.15) is 24.0 Å². The van der Waals surface area contributed by atoms with E-state index in [4.69, 9.17) is 9.47 Å². The first-order valence-corrected chi connectivity index (χ1v) is 13.3. The van der Waals surface area contributed by atoms with Gasteiger partial charge in [0.25, 0.3) is 0 Å². The second kappa shape index (κ2) is 10.4. The summed E-state index contributed by atoms with van der Waals surface area (Å²) in [6.07, 6.45) is -1.12. The van der Waals surface area contributed by atoms with E-state index in [9.17, 15) is 27.5 Å². The molecule has 1 saturated heterocycles. The number of pyridine rings is 1. The number of alkyl halides is 3. The third-order valence-corrected chi connectivity index (χ3v) is 8.26. The molecule has 6 rings (SSSR count). The van der Waals surface area contributed by atoms with Crippen LogP contribution in [0.4, 0.5) is 23.4 Å². The van der Waals surface area contributed by atoms with Crippen LogP contribution in [-0.4, -0.2) is 35.8 Å². The summed E-state index contributed by atoms with van der Waals surface area (Å²) in [6.45, 7) is 1.62. The Morgan fingerprint density at radius 2 is 1.93 bits per heavy atom. The van der Waals surface area contributed by atoms with E-state index in [1.807, 2.05) is 12.1 Å². The maximum absolute atomic E-state index is 14.7. The van der Waals surface area contributed by atoms with Gasteiger partial charge in [-0.15, -0.1) is 0 Å². The molecule has 6 nitrogen and oxygen atoms in total. The number of aromatic nitrogens is 1. The fourth-order valence-corrected chi connectivity index (χ4v) is 6.05. The van der Waals surface area contributed by atoms with Crippen molar-refractivity contribution >= 4 is 11.8 Å². The number of carboxylic acid groups (broad SMARTS) is 1. The smallest absolute Gasteiger partial charge is 0.417 e. The van der Waals surface area contributed by atoms with Crippen LogP contribution in [0.3, 0.4) is 0 Å². The minimum absolute atomic E-state index is 0.0376. The predicted molar refractivity (Wildman–Crippen MR) is 139 cm³/mol. The van der Waals surface area contributed by atoms with E-state index >= 15 is 0 Å². The second-order valence-electron chi connectivity index (χ2n) is 10.8. The summed E-state index contributed by atoms with van der Waals surface area (Å²) in [5.74, 6) is -0.613. The number of hydrogen-bond donors (Lipinski definition) is 2. The van der Waals surface area contributed by atoms with Crippen molar-refractivity contribution in [3.05, 3.63) is 76.7 Å². The molecule has 0 spiro atoms. The summed E-state index contributed by atoms with van der Waals surface area (Å²) in [6, 6.07) is 10.2. The topological polar surface area (TPSA) is 80.7 Å². The fourth-order valence-electron chi connectivity index (χ4n) is 6.05. The van der Waals surface area contributed by atoms with Crippen molar-refractivity contribution in [3.8, 4) is 16.9 Å². The van der Waals surface area contributed by atoms with Crippen molar-refractivity contribution in [2.75, 3.05) is 25.1 Å². The van der Waals surface area contributed by atoms with Gasteiger partial charge in [0.05, 0.1) is 11.5 Å². The predicted octanol–water partition coefficient (Wildman–Crippen LogP) is 6.29. The summed E-state index contributed by atoms with van der Waals surface area (Å²) in [5.41, 5.74) is 1.33. The molecule has 10 heteroatoms. The summed E-state index contributed by atoms with van der Waals surface area (Å²) < 4.78 is 68.0. The molecule has 2 fully saturated rings. The highest BCUT2D eigenvalue weighted by atomic mass is 19.4. The first kappa shape index (κ1) is 26.6. The molecule has 2 N–H and O–H groups in total. The van der Waals surface area contributed by atoms with E-state index in [2.05, 4.69) is 10.3 Å². The van der Waals surface area contributed by atoms with Crippen molar-refractivity contribution in [1.82, 2.24) is 4.98 Å². The number of ether oxygens (including phenoxy) is 2. The van der Waals surface area contributed by atoms with Crippen LogP contribution in [0.1, 0.15) is 41.0 Å². The molecule has 0 unspecified atom stereocenters. The van der Waals surface area contributed by atoms with Gasteiger partial charge in [-0.2, -0.15) is 13.2 Å². The van der Waals surface area contributed by atoms with Crippen LogP contribution in [0.15, 0.2) is 48.7 Å². The van der Waals surface area contributed by atoms with E-state index in [-0.39, 0.29) is 46.9 Å². The number of carbonyl (C=O) groups is 1. The number of nitrogens with zero attached hydrogens (tertiary/aromatic N) is 1. The van der Waals surface area contributed by atoms with E-state index < -0.39 is 23.5 Å². The maximum atomic E-state index is 14.7. The molecule has 3 aromatic rings. The zero-order valence-electron chi connectivity index (χ0n) is 21.5. The number of hydrogen-bond acceptors (Lipinski definition) is 5. The normalized spacial score (nSPS) is 21.9. The Hall–Kier alpha value is -3.66.